The van der Waals surface area contributed by atoms with E-state index < -0.39 is 5.97 Å². The molecule has 0 bridgehead atoms. The van der Waals surface area contributed by atoms with Crippen molar-refractivity contribution < 1.29 is 9.90 Å². The molecule has 1 rings (SSSR count). The summed E-state index contributed by atoms with van der Waals surface area (Å²) in [6.45, 7) is 1.97. The lowest BCUT2D eigenvalue weighted by Gasteiger charge is -2.04. The number of hydrogen-bond donors (Lipinski definition) is 1. The van der Waals surface area contributed by atoms with Gasteiger partial charge in [-0.3, -0.25) is 5.01 Å². The van der Waals surface area contributed by atoms with E-state index in [4.69, 9.17) is 5.11 Å². The molecule has 0 spiro atoms. The molecule has 1 N–H and O–H groups in total. The van der Waals surface area contributed by atoms with Gasteiger partial charge in [-0.25, -0.2) is 4.79 Å². The van der Waals surface area contributed by atoms with Crippen molar-refractivity contribution in [1.82, 2.24) is 5.01 Å². The van der Waals surface area contributed by atoms with Crippen LogP contribution in [0.15, 0.2) is 28.5 Å². The number of nitrogens with zero attached hydrogens (tertiary/aromatic N) is 3. The van der Waals surface area contributed by atoms with Gasteiger partial charge in [0, 0.05) is 14.1 Å². The Hall–Kier alpha value is -1.91. The minimum atomic E-state index is -0.983. The van der Waals surface area contributed by atoms with E-state index in [1.54, 1.807) is 26.2 Å². The number of benzene rings is 1. The van der Waals surface area contributed by atoms with Crippen LogP contribution in [0.3, 0.4) is 0 Å². The summed E-state index contributed by atoms with van der Waals surface area (Å²) in [4.78, 5) is 11.0. The van der Waals surface area contributed by atoms with Crippen LogP contribution in [-0.4, -0.2) is 30.2 Å². The molecule has 0 unspecified atom stereocenters. The zero-order valence-corrected chi connectivity index (χ0v) is 9.64. The first-order valence-electron chi connectivity index (χ1n) is 4.99. The van der Waals surface area contributed by atoms with Crippen molar-refractivity contribution in [2.24, 2.45) is 10.3 Å². The van der Waals surface area contributed by atoms with Crippen molar-refractivity contribution in [2.75, 3.05) is 14.1 Å². The average molecular weight is 221 g/mol. The predicted octanol–water partition coefficient (Wildman–Crippen LogP) is 2.51. The topological polar surface area (TPSA) is 65.3 Å². The highest BCUT2D eigenvalue weighted by Crippen LogP contribution is 2.21. The van der Waals surface area contributed by atoms with E-state index in [-0.39, 0.29) is 5.56 Å². The van der Waals surface area contributed by atoms with Crippen LogP contribution in [0.5, 0.6) is 0 Å². The Morgan fingerprint density at radius 1 is 1.44 bits per heavy atom. The van der Waals surface area contributed by atoms with Gasteiger partial charge in [-0.15, -0.1) is 5.11 Å². The van der Waals surface area contributed by atoms with Gasteiger partial charge in [0.25, 0.3) is 0 Å². The highest BCUT2D eigenvalue weighted by molar-refractivity contribution is 5.93. The number of rotatable bonds is 4. The molecule has 0 aliphatic carbocycles. The zero-order chi connectivity index (χ0) is 12.1. The maximum atomic E-state index is 11.0. The van der Waals surface area contributed by atoms with Gasteiger partial charge in [-0.05, 0) is 24.1 Å². The third kappa shape index (κ3) is 3.05. The molecule has 0 fully saturated rings. The number of carbonyl (C=O) groups is 1. The quantitative estimate of drug-likeness (QED) is 0.627. The van der Waals surface area contributed by atoms with Gasteiger partial charge < -0.3 is 5.11 Å². The smallest absolute Gasteiger partial charge is 0.337 e. The normalized spacial score (nSPS) is 10.7. The summed E-state index contributed by atoms with van der Waals surface area (Å²) in [5.41, 5.74) is 1.53. The molecule has 0 aliphatic rings. The van der Waals surface area contributed by atoms with Crippen LogP contribution in [-0.2, 0) is 6.42 Å². The second kappa shape index (κ2) is 5.25. The molecule has 0 saturated carbocycles. The van der Waals surface area contributed by atoms with Gasteiger partial charge in [-0.1, -0.05) is 18.2 Å². The summed E-state index contributed by atoms with van der Waals surface area (Å²) in [6, 6.07) is 5.16. The van der Waals surface area contributed by atoms with Crippen molar-refractivity contribution >= 4 is 11.7 Å². The summed E-state index contributed by atoms with van der Waals surface area (Å²) in [7, 11) is 3.45. The van der Waals surface area contributed by atoms with Crippen molar-refractivity contribution in [1.29, 1.82) is 0 Å². The van der Waals surface area contributed by atoms with Crippen molar-refractivity contribution in [3.63, 3.8) is 0 Å². The summed E-state index contributed by atoms with van der Waals surface area (Å²) in [5, 5.41) is 18.2. The van der Waals surface area contributed by atoms with E-state index in [2.05, 4.69) is 10.3 Å². The van der Waals surface area contributed by atoms with Crippen molar-refractivity contribution in [3.8, 4) is 0 Å². The monoisotopic (exact) mass is 221 g/mol. The molecule has 0 aromatic heterocycles. The minimum absolute atomic E-state index is 0.185. The number of aromatic carboxylic acids is 1. The van der Waals surface area contributed by atoms with Gasteiger partial charge in [0.15, 0.2) is 0 Å². The standard InChI is InChI=1S/C11H15N3O2/c1-4-8-5-6-10(12-13-14(2)3)9(7-8)11(15)16/h5-7H,4H2,1-3H3,(H,15,16). The average Bonchev–Trinajstić information content (AvgIpc) is 2.25. The van der Waals surface area contributed by atoms with Gasteiger partial charge in [0.05, 0.1) is 5.56 Å². The molecule has 0 amide bonds. The molecule has 0 saturated heterocycles. The lowest BCUT2D eigenvalue weighted by Crippen LogP contribution is -2.01. The molecular formula is C11H15N3O2. The summed E-state index contributed by atoms with van der Waals surface area (Å²) >= 11 is 0. The first-order valence-corrected chi connectivity index (χ1v) is 4.99. The van der Waals surface area contributed by atoms with Crippen molar-refractivity contribution in [2.45, 2.75) is 13.3 Å². The van der Waals surface area contributed by atoms with E-state index in [1.807, 2.05) is 13.0 Å². The molecule has 86 valence electrons. The largest absolute Gasteiger partial charge is 0.478 e. The van der Waals surface area contributed by atoms with Gasteiger partial charge in [-0.2, -0.15) is 0 Å². The van der Waals surface area contributed by atoms with E-state index in [1.165, 1.54) is 5.01 Å². The maximum absolute atomic E-state index is 11.0. The van der Waals surface area contributed by atoms with Gasteiger partial charge in [0.1, 0.15) is 5.69 Å². The number of carboxylic acid groups (broad SMARTS) is 1. The highest BCUT2D eigenvalue weighted by atomic mass is 16.4. The van der Waals surface area contributed by atoms with Gasteiger partial charge >= 0.3 is 5.97 Å². The molecule has 1 aromatic carbocycles. The number of hydrogen-bond acceptors (Lipinski definition) is 3. The Morgan fingerprint density at radius 3 is 2.62 bits per heavy atom. The molecule has 0 heterocycles. The third-order valence-electron chi connectivity index (χ3n) is 2.03. The van der Waals surface area contributed by atoms with Crippen LogP contribution < -0.4 is 0 Å². The van der Waals surface area contributed by atoms with Crippen LogP contribution in [0.1, 0.15) is 22.8 Å². The second-order valence-electron chi connectivity index (χ2n) is 3.55. The number of carboxylic acids is 1. The van der Waals surface area contributed by atoms with E-state index in [0.717, 1.165) is 12.0 Å². The molecule has 5 nitrogen and oxygen atoms in total. The lowest BCUT2D eigenvalue weighted by atomic mass is 10.1. The fourth-order valence-electron chi connectivity index (χ4n) is 1.20. The van der Waals surface area contributed by atoms with E-state index in [9.17, 15) is 4.79 Å². The Balaban J connectivity index is 3.13. The van der Waals surface area contributed by atoms with Crippen LogP contribution >= 0.6 is 0 Å². The summed E-state index contributed by atoms with van der Waals surface area (Å²) in [5.74, 6) is -0.983. The lowest BCUT2D eigenvalue weighted by molar-refractivity contribution is 0.0697. The van der Waals surface area contributed by atoms with Crippen LogP contribution in [0, 0.1) is 0 Å². The SMILES string of the molecule is CCc1ccc(N=NN(C)C)c(C(=O)O)c1. The molecule has 1 aromatic rings. The molecule has 5 heteroatoms. The summed E-state index contributed by atoms with van der Waals surface area (Å²) in [6.07, 6.45) is 0.797. The fraction of sp³-hybridized carbons (Fsp3) is 0.364. The minimum Gasteiger partial charge on any atom is -0.478 e. The fourth-order valence-corrected chi connectivity index (χ4v) is 1.20. The van der Waals surface area contributed by atoms with Crippen LogP contribution in [0.4, 0.5) is 5.69 Å². The van der Waals surface area contributed by atoms with Crippen LogP contribution in [0.25, 0.3) is 0 Å². The number of aryl methyl sites for hydroxylation is 1. The predicted molar refractivity (Wildman–Crippen MR) is 61.0 cm³/mol. The van der Waals surface area contributed by atoms with Gasteiger partial charge in [0.2, 0.25) is 0 Å². The Kier molecular flexibility index (Phi) is 3.99. The first-order chi connectivity index (χ1) is 7.54. The van der Waals surface area contributed by atoms with Crippen LogP contribution in [0.2, 0.25) is 0 Å². The molecular weight excluding hydrogens is 206 g/mol. The highest BCUT2D eigenvalue weighted by Gasteiger charge is 2.10. The second-order valence-corrected chi connectivity index (χ2v) is 3.55. The van der Waals surface area contributed by atoms with E-state index in [0.29, 0.717) is 5.69 Å². The zero-order valence-electron chi connectivity index (χ0n) is 9.64. The van der Waals surface area contributed by atoms with E-state index >= 15 is 0 Å². The molecule has 16 heavy (non-hydrogen) atoms. The first kappa shape index (κ1) is 12.2. The maximum Gasteiger partial charge on any atom is 0.337 e. The summed E-state index contributed by atoms with van der Waals surface area (Å²) < 4.78 is 0. The molecule has 0 aliphatic heterocycles. The molecule has 0 radical (unpaired) electrons. The third-order valence-corrected chi connectivity index (χ3v) is 2.03. The van der Waals surface area contributed by atoms with Crippen molar-refractivity contribution in [3.05, 3.63) is 29.3 Å². The Morgan fingerprint density at radius 2 is 2.12 bits per heavy atom. The Bertz CT molecular complexity index is 414. The Labute approximate surface area is 94.4 Å². The molecule has 0 atom stereocenters.